The molecular weight excluding hydrogens is 266 g/mol. The molecule has 0 amide bonds. The van der Waals surface area contributed by atoms with E-state index in [0.717, 1.165) is 6.42 Å². The smallest absolute Gasteiger partial charge is 0.0895 e. The van der Waals surface area contributed by atoms with Gasteiger partial charge in [-0.3, -0.25) is 0 Å². The minimum absolute atomic E-state index is 0.199. The molecule has 2 aromatic rings. The third kappa shape index (κ3) is 3.90. The Hall–Kier alpha value is -0.720. The molecule has 2 unspecified atom stereocenters. The van der Waals surface area contributed by atoms with Crippen molar-refractivity contribution in [2.45, 2.75) is 18.6 Å². The van der Waals surface area contributed by atoms with E-state index in [1.807, 2.05) is 12.1 Å². The molecule has 0 spiro atoms. The van der Waals surface area contributed by atoms with E-state index in [-0.39, 0.29) is 12.6 Å². The Balaban J connectivity index is 1.99. The standard InChI is InChI=1S/C13H17NO2S2/c15-9-10(16)8-14-12(13-4-2-6-18-13)7-11-3-1-5-17-11/h1-6,10,12,14-16H,7-9H2. The van der Waals surface area contributed by atoms with Crippen molar-refractivity contribution >= 4 is 22.7 Å². The molecule has 0 aromatic carbocycles. The molecule has 3 nitrogen and oxygen atoms in total. The lowest BCUT2D eigenvalue weighted by molar-refractivity contribution is 0.0919. The minimum Gasteiger partial charge on any atom is -0.394 e. The van der Waals surface area contributed by atoms with Gasteiger partial charge in [0, 0.05) is 28.8 Å². The topological polar surface area (TPSA) is 52.5 Å². The van der Waals surface area contributed by atoms with E-state index < -0.39 is 6.10 Å². The Labute approximate surface area is 115 Å². The van der Waals surface area contributed by atoms with Gasteiger partial charge >= 0.3 is 0 Å². The molecule has 0 aliphatic rings. The van der Waals surface area contributed by atoms with Crippen molar-refractivity contribution < 1.29 is 10.2 Å². The summed E-state index contributed by atoms with van der Waals surface area (Å²) in [6.07, 6.45) is 0.215. The Morgan fingerprint density at radius 2 is 1.94 bits per heavy atom. The lowest BCUT2D eigenvalue weighted by Crippen LogP contribution is -2.32. The Bertz CT molecular complexity index is 428. The molecule has 0 bridgehead atoms. The van der Waals surface area contributed by atoms with E-state index in [2.05, 4.69) is 28.2 Å². The fourth-order valence-corrected chi connectivity index (χ4v) is 3.29. The second-order valence-electron chi connectivity index (χ2n) is 4.10. The molecule has 2 rings (SSSR count). The van der Waals surface area contributed by atoms with E-state index >= 15 is 0 Å². The Kier molecular flexibility index (Phi) is 5.34. The number of aliphatic hydroxyl groups excluding tert-OH is 2. The normalized spacial score (nSPS) is 14.6. The molecule has 0 radical (unpaired) electrons. The summed E-state index contributed by atoms with van der Waals surface area (Å²) < 4.78 is 0. The van der Waals surface area contributed by atoms with Gasteiger partial charge in [0.25, 0.3) is 0 Å². The van der Waals surface area contributed by atoms with Crippen LogP contribution in [0.2, 0.25) is 0 Å². The number of hydrogen-bond acceptors (Lipinski definition) is 5. The summed E-state index contributed by atoms with van der Waals surface area (Å²) in [6, 6.07) is 8.50. The van der Waals surface area contributed by atoms with Crippen molar-refractivity contribution in [3.8, 4) is 0 Å². The van der Waals surface area contributed by atoms with E-state index in [0.29, 0.717) is 6.54 Å². The van der Waals surface area contributed by atoms with Crippen molar-refractivity contribution in [3.63, 3.8) is 0 Å². The molecule has 0 fully saturated rings. The summed E-state index contributed by atoms with van der Waals surface area (Å²) in [7, 11) is 0. The van der Waals surface area contributed by atoms with Gasteiger partial charge in [0.05, 0.1) is 12.7 Å². The first-order chi connectivity index (χ1) is 8.79. The highest BCUT2D eigenvalue weighted by molar-refractivity contribution is 7.10. The summed E-state index contributed by atoms with van der Waals surface area (Å²) in [5.74, 6) is 0. The van der Waals surface area contributed by atoms with Crippen molar-refractivity contribution in [1.29, 1.82) is 0 Å². The molecule has 18 heavy (non-hydrogen) atoms. The van der Waals surface area contributed by atoms with Crippen LogP contribution in [-0.2, 0) is 6.42 Å². The molecule has 2 heterocycles. The fourth-order valence-electron chi connectivity index (χ4n) is 1.74. The van der Waals surface area contributed by atoms with Gasteiger partial charge in [0.15, 0.2) is 0 Å². The van der Waals surface area contributed by atoms with Crippen LogP contribution in [0.5, 0.6) is 0 Å². The second-order valence-corrected chi connectivity index (χ2v) is 6.11. The van der Waals surface area contributed by atoms with Gasteiger partial charge < -0.3 is 15.5 Å². The SMILES string of the molecule is OCC(O)CNC(Cc1cccs1)c1cccs1. The monoisotopic (exact) mass is 283 g/mol. The van der Waals surface area contributed by atoms with Crippen LogP contribution >= 0.6 is 22.7 Å². The molecular formula is C13H17NO2S2. The van der Waals surface area contributed by atoms with Crippen molar-refractivity contribution in [2.75, 3.05) is 13.2 Å². The summed E-state index contributed by atoms with van der Waals surface area (Å²) in [4.78, 5) is 2.58. The van der Waals surface area contributed by atoms with Crippen LogP contribution in [-0.4, -0.2) is 29.5 Å². The number of rotatable bonds is 7. The van der Waals surface area contributed by atoms with Crippen LogP contribution in [0.25, 0.3) is 0 Å². The van der Waals surface area contributed by atoms with Gasteiger partial charge in [-0.1, -0.05) is 12.1 Å². The summed E-state index contributed by atoms with van der Waals surface area (Å²) in [5.41, 5.74) is 0. The van der Waals surface area contributed by atoms with Gasteiger partial charge in [-0.05, 0) is 22.9 Å². The van der Waals surface area contributed by atoms with Crippen LogP contribution in [0.15, 0.2) is 35.0 Å². The maximum atomic E-state index is 9.42. The summed E-state index contributed by atoms with van der Waals surface area (Å²) >= 11 is 3.45. The highest BCUT2D eigenvalue weighted by atomic mass is 32.1. The third-order valence-electron chi connectivity index (χ3n) is 2.68. The second kappa shape index (κ2) is 7.01. The van der Waals surface area contributed by atoms with Crippen LogP contribution in [0.4, 0.5) is 0 Å². The lowest BCUT2D eigenvalue weighted by Gasteiger charge is -2.18. The molecule has 0 saturated heterocycles. The third-order valence-corrected chi connectivity index (χ3v) is 4.57. The summed E-state index contributed by atoms with van der Waals surface area (Å²) in [6.45, 7) is 0.202. The van der Waals surface area contributed by atoms with E-state index in [4.69, 9.17) is 5.11 Å². The summed E-state index contributed by atoms with van der Waals surface area (Å²) in [5, 5.41) is 25.7. The average Bonchev–Trinajstić information content (AvgIpc) is 3.06. The predicted octanol–water partition coefficient (Wildman–Crippen LogP) is 2.04. The van der Waals surface area contributed by atoms with E-state index in [1.165, 1.54) is 9.75 Å². The highest BCUT2D eigenvalue weighted by Crippen LogP contribution is 2.24. The maximum absolute atomic E-state index is 9.42. The van der Waals surface area contributed by atoms with Crippen molar-refractivity contribution in [2.24, 2.45) is 0 Å². The molecule has 0 saturated carbocycles. The molecule has 98 valence electrons. The van der Waals surface area contributed by atoms with Crippen molar-refractivity contribution in [3.05, 3.63) is 44.8 Å². The molecule has 0 aliphatic carbocycles. The highest BCUT2D eigenvalue weighted by Gasteiger charge is 2.15. The van der Waals surface area contributed by atoms with Crippen LogP contribution in [0.1, 0.15) is 15.8 Å². The van der Waals surface area contributed by atoms with Crippen molar-refractivity contribution in [1.82, 2.24) is 5.32 Å². The Morgan fingerprint density at radius 1 is 1.17 bits per heavy atom. The minimum atomic E-state index is -0.698. The van der Waals surface area contributed by atoms with Gasteiger partial charge in [0.1, 0.15) is 0 Å². The first-order valence-corrected chi connectivity index (χ1v) is 7.63. The lowest BCUT2D eigenvalue weighted by atomic mass is 10.1. The number of thiophene rings is 2. The zero-order chi connectivity index (χ0) is 12.8. The first-order valence-electron chi connectivity index (χ1n) is 5.87. The molecule has 2 atom stereocenters. The number of nitrogens with one attached hydrogen (secondary N) is 1. The Morgan fingerprint density at radius 3 is 2.56 bits per heavy atom. The van der Waals surface area contributed by atoms with Crippen LogP contribution in [0, 0.1) is 0 Å². The number of aliphatic hydroxyl groups is 2. The zero-order valence-corrected chi connectivity index (χ0v) is 11.6. The van der Waals surface area contributed by atoms with E-state index in [1.54, 1.807) is 22.7 Å². The van der Waals surface area contributed by atoms with Gasteiger partial charge in [-0.15, -0.1) is 22.7 Å². The van der Waals surface area contributed by atoms with Gasteiger partial charge in [-0.25, -0.2) is 0 Å². The first kappa shape index (κ1) is 13.7. The van der Waals surface area contributed by atoms with Crippen LogP contribution < -0.4 is 5.32 Å². The fraction of sp³-hybridized carbons (Fsp3) is 0.385. The maximum Gasteiger partial charge on any atom is 0.0895 e. The quantitative estimate of drug-likeness (QED) is 0.729. The molecule has 2 aromatic heterocycles. The predicted molar refractivity (Wildman–Crippen MR) is 76.2 cm³/mol. The van der Waals surface area contributed by atoms with E-state index in [9.17, 15) is 5.11 Å². The molecule has 0 aliphatic heterocycles. The van der Waals surface area contributed by atoms with Gasteiger partial charge in [-0.2, -0.15) is 0 Å². The molecule has 5 heteroatoms. The average molecular weight is 283 g/mol. The number of hydrogen-bond donors (Lipinski definition) is 3. The zero-order valence-electron chi connectivity index (χ0n) is 9.95. The largest absolute Gasteiger partial charge is 0.394 e. The van der Waals surface area contributed by atoms with Crippen LogP contribution in [0.3, 0.4) is 0 Å². The molecule has 3 N–H and O–H groups in total. The van der Waals surface area contributed by atoms with Gasteiger partial charge in [0.2, 0.25) is 0 Å².